The highest BCUT2D eigenvalue weighted by Crippen LogP contribution is 2.34. The molecule has 5 nitrogen and oxygen atoms in total. The van der Waals surface area contributed by atoms with Crippen molar-refractivity contribution >= 4 is 16.5 Å². The maximum atomic E-state index is 9.90. The lowest BCUT2D eigenvalue weighted by Gasteiger charge is -2.41. The van der Waals surface area contributed by atoms with Crippen LogP contribution in [0.15, 0.2) is 6.20 Å². The first-order chi connectivity index (χ1) is 11.2. The summed E-state index contributed by atoms with van der Waals surface area (Å²) in [7, 11) is 1.74. The number of thiazole rings is 1. The van der Waals surface area contributed by atoms with Crippen LogP contribution in [0.5, 0.6) is 0 Å². The van der Waals surface area contributed by atoms with E-state index in [1.165, 1.54) is 22.9 Å². The van der Waals surface area contributed by atoms with Crippen LogP contribution < -0.4 is 4.90 Å². The van der Waals surface area contributed by atoms with E-state index in [0.29, 0.717) is 0 Å². The van der Waals surface area contributed by atoms with Crippen LogP contribution in [0, 0.1) is 5.41 Å². The van der Waals surface area contributed by atoms with E-state index in [1.807, 2.05) is 17.5 Å². The standard InChI is InChI=1S/C17H29N3O2S/c1-22-10-6-17(14-21)5-4-7-19(13-17)12-15-11-18-16(23-15)20-8-2-3-9-20/h11,21H,2-10,12-14H2,1H3/t17-/m0/s1. The maximum Gasteiger partial charge on any atom is 0.185 e. The third kappa shape index (κ3) is 4.24. The molecule has 0 saturated carbocycles. The zero-order valence-corrected chi connectivity index (χ0v) is 15.0. The highest BCUT2D eigenvalue weighted by molar-refractivity contribution is 7.15. The Balaban J connectivity index is 1.58. The van der Waals surface area contributed by atoms with Crippen molar-refractivity contribution in [2.45, 2.75) is 38.6 Å². The summed E-state index contributed by atoms with van der Waals surface area (Å²) in [5.41, 5.74) is 0.0106. The number of aliphatic hydroxyl groups excluding tert-OH is 1. The van der Waals surface area contributed by atoms with E-state index in [1.54, 1.807) is 7.11 Å². The van der Waals surface area contributed by atoms with Crippen LogP contribution in [-0.2, 0) is 11.3 Å². The number of aromatic nitrogens is 1. The van der Waals surface area contributed by atoms with Gasteiger partial charge in [0, 0.05) is 56.4 Å². The predicted molar refractivity (Wildman–Crippen MR) is 94.1 cm³/mol. The Hall–Kier alpha value is -0.690. The normalized spacial score (nSPS) is 26.1. The molecule has 3 rings (SSSR count). The van der Waals surface area contributed by atoms with Crippen molar-refractivity contribution in [2.24, 2.45) is 5.41 Å². The van der Waals surface area contributed by atoms with Crippen LogP contribution in [0.3, 0.4) is 0 Å². The fraction of sp³-hybridized carbons (Fsp3) is 0.824. The summed E-state index contributed by atoms with van der Waals surface area (Å²) in [6.07, 6.45) is 7.83. The summed E-state index contributed by atoms with van der Waals surface area (Å²) in [4.78, 5) is 10.8. The van der Waals surface area contributed by atoms with Crippen molar-refractivity contribution in [1.82, 2.24) is 9.88 Å². The minimum Gasteiger partial charge on any atom is -0.396 e. The third-order valence-electron chi connectivity index (χ3n) is 5.21. The Labute approximate surface area is 143 Å². The Bertz CT molecular complexity index is 490. The van der Waals surface area contributed by atoms with Crippen molar-refractivity contribution in [3.8, 4) is 0 Å². The second kappa shape index (κ2) is 7.92. The van der Waals surface area contributed by atoms with Crippen molar-refractivity contribution in [2.75, 3.05) is 51.4 Å². The molecule has 1 aromatic rings. The molecule has 2 fully saturated rings. The smallest absolute Gasteiger partial charge is 0.185 e. The van der Waals surface area contributed by atoms with E-state index in [2.05, 4.69) is 14.8 Å². The van der Waals surface area contributed by atoms with E-state index < -0.39 is 0 Å². The number of hydrogen-bond acceptors (Lipinski definition) is 6. The van der Waals surface area contributed by atoms with Crippen LogP contribution in [0.1, 0.15) is 37.0 Å². The van der Waals surface area contributed by atoms with Gasteiger partial charge in [-0.05, 0) is 38.6 Å². The maximum absolute atomic E-state index is 9.90. The minimum atomic E-state index is 0.0106. The first-order valence-corrected chi connectivity index (χ1v) is 9.58. The van der Waals surface area contributed by atoms with Gasteiger partial charge in [0.05, 0.1) is 6.61 Å². The first kappa shape index (κ1) is 17.1. The molecule has 2 aliphatic heterocycles. The number of piperidine rings is 1. The van der Waals surface area contributed by atoms with E-state index in [4.69, 9.17) is 4.74 Å². The molecule has 3 heterocycles. The summed E-state index contributed by atoms with van der Waals surface area (Å²) in [5.74, 6) is 0. The van der Waals surface area contributed by atoms with Gasteiger partial charge < -0.3 is 14.7 Å². The average Bonchev–Trinajstić information content (AvgIpc) is 3.24. The molecular weight excluding hydrogens is 310 g/mol. The topological polar surface area (TPSA) is 48.8 Å². The molecule has 2 aliphatic rings. The van der Waals surface area contributed by atoms with Gasteiger partial charge in [0.2, 0.25) is 0 Å². The van der Waals surface area contributed by atoms with E-state index >= 15 is 0 Å². The van der Waals surface area contributed by atoms with Crippen molar-refractivity contribution in [3.63, 3.8) is 0 Å². The number of hydrogen-bond donors (Lipinski definition) is 1. The zero-order chi connectivity index (χ0) is 16.1. The molecule has 0 aromatic carbocycles. The molecule has 23 heavy (non-hydrogen) atoms. The Morgan fingerprint density at radius 3 is 2.87 bits per heavy atom. The lowest BCUT2D eigenvalue weighted by atomic mass is 9.78. The van der Waals surface area contributed by atoms with Crippen LogP contribution >= 0.6 is 11.3 Å². The predicted octanol–water partition coefficient (Wildman–Crippen LogP) is 2.35. The Kier molecular flexibility index (Phi) is 5.91. The molecule has 0 aliphatic carbocycles. The second-order valence-electron chi connectivity index (χ2n) is 7.02. The average molecular weight is 340 g/mol. The third-order valence-corrected chi connectivity index (χ3v) is 6.25. The van der Waals surface area contributed by atoms with Gasteiger partial charge in [-0.2, -0.15) is 0 Å². The first-order valence-electron chi connectivity index (χ1n) is 8.76. The molecular formula is C17H29N3O2S. The molecule has 1 aromatic heterocycles. The number of ether oxygens (including phenoxy) is 1. The van der Waals surface area contributed by atoms with Gasteiger partial charge in [-0.1, -0.05) is 0 Å². The monoisotopic (exact) mass is 339 g/mol. The lowest BCUT2D eigenvalue weighted by Crippen LogP contribution is -2.45. The quantitative estimate of drug-likeness (QED) is 0.826. The number of methoxy groups -OCH3 is 1. The van der Waals surface area contributed by atoms with Crippen molar-refractivity contribution < 1.29 is 9.84 Å². The fourth-order valence-corrected chi connectivity index (χ4v) is 4.83. The highest BCUT2D eigenvalue weighted by atomic mass is 32.1. The molecule has 0 unspecified atom stereocenters. The Morgan fingerprint density at radius 2 is 2.13 bits per heavy atom. The van der Waals surface area contributed by atoms with Gasteiger partial charge in [0.15, 0.2) is 5.13 Å². The summed E-state index contributed by atoms with van der Waals surface area (Å²) in [6.45, 7) is 6.33. The molecule has 0 spiro atoms. The van der Waals surface area contributed by atoms with Gasteiger partial charge in [0.1, 0.15) is 0 Å². The number of rotatable bonds is 7. The lowest BCUT2D eigenvalue weighted by molar-refractivity contribution is 0.00506. The van der Waals surface area contributed by atoms with Gasteiger partial charge in [-0.3, -0.25) is 4.90 Å². The summed E-state index contributed by atoms with van der Waals surface area (Å²) in [5, 5.41) is 11.1. The van der Waals surface area contributed by atoms with E-state index in [9.17, 15) is 5.11 Å². The summed E-state index contributed by atoms with van der Waals surface area (Å²) >= 11 is 1.84. The van der Waals surface area contributed by atoms with Crippen LogP contribution in [0.2, 0.25) is 0 Å². The van der Waals surface area contributed by atoms with Crippen LogP contribution in [0.4, 0.5) is 5.13 Å². The number of nitrogens with zero attached hydrogens (tertiary/aromatic N) is 3. The molecule has 130 valence electrons. The Morgan fingerprint density at radius 1 is 1.30 bits per heavy atom. The fourth-order valence-electron chi connectivity index (χ4n) is 3.82. The van der Waals surface area contributed by atoms with Gasteiger partial charge in [-0.25, -0.2) is 4.98 Å². The van der Waals surface area contributed by atoms with E-state index in [-0.39, 0.29) is 12.0 Å². The summed E-state index contributed by atoms with van der Waals surface area (Å²) < 4.78 is 5.24. The van der Waals surface area contributed by atoms with Gasteiger partial charge >= 0.3 is 0 Å². The van der Waals surface area contributed by atoms with Crippen molar-refractivity contribution in [3.05, 3.63) is 11.1 Å². The molecule has 0 amide bonds. The van der Waals surface area contributed by atoms with Crippen LogP contribution in [0.25, 0.3) is 0 Å². The number of anilines is 1. The molecule has 0 radical (unpaired) electrons. The molecule has 1 N–H and O–H groups in total. The number of likely N-dealkylation sites (tertiary alicyclic amines) is 1. The number of aliphatic hydroxyl groups is 1. The summed E-state index contributed by atoms with van der Waals surface area (Å²) in [6, 6.07) is 0. The molecule has 1 atom stereocenters. The van der Waals surface area contributed by atoms with Crippen LogP contribution in [-0.4, -0.2) is 61.5 Å². The van der Waals surface area contributed by atoms with Gasteiger partial charge in [-0.15, -0.1) is 11.3 Å². The van der Waals surface area contributed by atoms with E-state index in [0.717, 1.165) is 58.6 Å². The van der Waals surface area contributed by atoms with Gasteiger partial charge in [0.25, 0.3) is 0 Å². The second-order valence-corrected chi connectivity index (χ2v) is 8.11. The van der Waals surface area contributed by atoms with Crippen molar-refractivity contribution in [1.29, 1.82) is 0 Å². The SMILES string of the molecule is COCC[C@@]1(CO)CCCN(Cc2cnc(N3CCCC3)s2)C1. The largest absolute Gasteiger partial charge is 0.396 e. The highest BCUT2D eigenvalue weighted by Gasteiger charge is 2.34. The molecule has 6 heteroatoms. The minimum absolute atomic E-state index is 0.0106. The zero-order valence-electron chi connectivity index (χ0n) is 14.2. The molecule has 0 bridgehead atoms. The molecule has 2 saturated heterocycles.